The van der Waals surface area contributed by atoms with Gasteiger partial charge in [-0.3, -0.25) is 4.79 Å². The number of hydrogen-bond acceptors (Lipinski definition) is 2. The van der Waals surface area contributed by atoms with Gasteiger partial charge in [0.15, 0.2) is 0 Å². The predicted molar refractivity (Wildman–Crippen MR) is 58.5 cm³/mol. The first-order valence-corrected chi connectivity index (χ1v) is 6.40. The number of hydrogen-bond donors (Lipinski definition) is 1. The molecule has 1 amide bonds. The smallest absolute Gasteiger partial charge is 0.225 e. The molecule has 2 atom stereocenters. The normalized spacial score (nSPS) is 36.1. The summed E-state index contributed by atoms with van der Waals surface area (Å²) >= 11 is 0. The van der Waals surface area contributed by atoms with E-state index in [1.807, 2.05) is 0 Å². The summed E-state index contributed by atoms with van der Waals surface area (Å²) < 4.78 is 0. The van der Waals surface area contributed by atoms with Crippen LogP contribution in [0.5, 0.6) is 0 Å². The average Bonchev–Trinajstić information content (AvgIpc) is 2.58. The first kappa shape index (κ1) is 9.64. The zero-order chi connectivity index (χ0) is 10.3. The fourth-order valence-corrected chi connectivity index (χ4v) is 3.21. The molecule has 0 radical (unpaired) electrons. The summed E-state index contributed by atoms with van der Waals surface area (Å²) in [6.07, 6.45) is 7.16. The van der Waals surface area contributed by atoms with Crippen molar-refractivity contribution in [3.05, 3.63) is 0 Å². The highest BCUT2D eigenvalue weighted by Gasteiger charge is 2.41. The van der Waals surface area contributed by atoms with Crippen molar-refractivity contribution in [1.82, 2.24) is 10.2 Å². The maximum absolute atomic E-state index is 12.2. The van der Waals surface area contributed by atoms with Crippen molar-refractivity contribution in [3.8, 4) is 0 Å². The zero-order valence-corrected chi connectivity index (χ0v) is 9.24. The lowest BCUT2D eigenvalue weighted by atomic mass is 9.84. The number of likely N-dealkylation sites (tertiary alicyclic amines) is 1. The molecular weight excluding hydrogens is 188 g/mol. The summed E-state index contributed by atoms with van der Waals surface area (Å²) in [6, 6.07) is 1.12. The van der Waals surface area contributed by atoms with Gasteiger partial charge in [-0.25, -0.2) is 0 Å². The van der Waals surface area contributed by atoms with Crippen LogP contribution in [0.15, 0.2) is 0 Å². The molecule has 0 aromatic carbocycles. The van der Waals surface area contributed by atoms with Gasteiger partial charge < -0.3 is 10.2 Å². The molecule has 3 rings (SSSR count). The van der Waals surface area contributed by atoms with Crippen LogP contribution in [-0.4, -0.2) is 36.0 Å². The summed E-state index contributed by atoms with van der Waals surface area (Å²) in [5.74, 6) is 0.836. The second kappa shape index (κ2) is 3.78. The molecule has 2 saturated heterocycles. The number of nitrogens with one attached hydrogen (secondary N) is 1. The highest BCUT2D eigenvalue weighted by atomic mass is 16.2. The summed E-state index contributed by atoms with van der Waals surface area (Å²) in [6.45, 7) is 2.14. The Balaban J connectivity index is 1.67. The van der Waals surface area contributed by atoms with E-state index >= 15 is 0 Å². The highest BCUT2D eigenvalue weighted by Crippen LogP contribution is 2.33. The van der Waals surface area contributed by atoms with Crippen LogP contribution in [0, 0.1) is 5.92 Å². The molecule has 2 heterocycles. The Labute approximate surface area is 91.2 Å². The van der Waals surface area contributed by atoms with Crippen molar-refractivity contribution >= 4 is 5.91 Å². The van der Waals surface area contributed by atoms with Gasteiger partial charge in [0.25, 0.3) is 0 Å². The first-order valence-electron chi connectivity index (χ1n) is 6.40. The maximum Gasteiger partial charge on any atom is 0.225 e. The molecule has 2 aliphatic heterocycles. The molecule has 2 unspecified atom stereocenters. The number of carbonyl (C=O) groups excluding carboxylic acids is 1. The second-order valence-corrected chi connectivity index (χ2v) is 5.22. The van der Waals surface area contributed by atoms with Crippen molar-refractivity contribution in [2.45, 2.75) is 50.6 Å². The second-order valence-electron chi connectivity index (χ2n) is 5.22. The van der Waals surface area contributed by atoms with E-state index < -0.39 is 0 Å². The predicted octanol–water partition coefficient (Wildman–Crippen LogP) is 1.14. The SMILES string of the molecule is O=C(C1CCC1)N1CCC2NCCCC21. The molecule has 1 aliphatic carbocycles. The molecule has 3 aliphatic rings. The van der Waals surface area contributed by atoms with E-state index in [9.17, 15) is 4.79 Å². The minimum Gasteiger partial charge on any atom is -0.338 e. The average molecular weight is 208 g/mol. The molecule has 15 heavy (non-hydrogen) atoms. The van der Waals surface area contributed by atoms with Crippen LogP contribution in [0.1, 0.15) is 38.5 Å². The van der Waals surface area contributed by atoms with Crippen molar-refractivity contribution < 1.29 is 4.79 Å². The van der Waals surface area contributed by atoms with Gasteiger partial charge in [-0.2, -0.15) is 0 Å². The van der Waals surface area contributed by atoms with Gasteiger partial charge in [-0.05, 0) is 38.6 Å². The van der Waals surface area contributed by atoms with Gasteiger partial charge in [0.2, 0.25) is 5.91 Å². The van der Waals surface area contributed by atoms with E-state index in [2.05, 4.69) is 10.2 Å². The molecular formula is C12H20N2O. The molecule has 0 bridgehead atoms. The minimum absolute atomic E-state index is 0.380. The lowest BCUT2D eigenvalue weighted by Gasteiger charge is -2.36. The molecule has 0 spiro atoms. The summed E-state index contributed by atoms with van der Waals surface area (Å²) in [5.41, 5.74) is 0. The monoisotopic (exact) mass is 208 g/mol. The van der Waals surface area contributed by atoms with Crippen LogP contribution >= 0.6 is 0 Å². The van der Waals surface area contributed by atoms with E-state index in [-0.39, 0.29) is 0 Å². The van der Waals surface area contributed by atoms with Gasteiger partial charge in [0.05, 0.1) is 0 Å². The topological polar surface area (TPSA) is 32.3 Å². The highest BCUT2D eigenvalue weighted by molar-refractivity contribution is 5.80. The Morgan fingerprint density at radius 2 is 2.00 bits per heavy atom. The van der Waals surface area contributed by atoms with Gasteiger partial charge >= 0.3 is 0 Å². The fraction of sp³-hybridized carbons (Fsp3) is 0.917. The van der Waals surface area contributed by atoms with E-state index in [0.29, 0.717) is 23.9 Å². The molecule has 84 valence electrons. The molecule has 3 nitrogen and oxygen atoms in total. The lowest BCUT2D eigenvalue weighted by Crippen LogP contribution is -2.50. The Hall–Kier alpha value is -0.570. The van der Waals surface area contributed by atoms with Gasteiger partial charge in [-0.1, -0.05) is 6.42 Å². The quantitative estimate of drug-likeness (QED) is 0.701. The number of amides is 1. The van der Waals surface area contributed by atoms with Gasteiger partial charge in [0.1, 0.15) is 0 Å². The third-order valence-electron chi connectivity index (χ3n) is 4.37. The maximum atomic E-state index is 12.2. The molecule has 0 aromatic heterocycles. The van der Waals surface area contributed by atoms with Crippen LogP contribution in [-0.2, 0) is 4.79 Å². The van der Waals surface area contributed by atoms with Crippen molar-refractivity contribution in [1.29, 1.82) is 0 Å². The van der Waals surface area contributed by atoms with E-state index in [4.69, 9.17) is 0 Å². The third kappa shape index (κ3) is 1.57. The van der Waals surface area contributed by atoms with Crippen LogP contribution in [0.4, 0.5) is 0 Å². The number of rotatable bonds is 1. The van der Waals surface area contributed by atoms with E-state index in [1.54, 1.807) is 0 Å². The molecule has 3 fully saturated rings. The van der Waals surface area contributed by atoms with E-state index in [1.165, 1.54) is 25.7 Å². The van der Waals surface area contributed by atoms with Crippen LogP contribution in [0.2, 0.25) is 0 Å². The van der Waals surface area contributed by atoms with Gasteiger partial charge in [-0.15, -0.1) is 0 Å². The molecule has 3 heteroatoms. The van der Waals surface area contributed by atoms with Crippen LogP contribution < -0.4 is 5.32 Å². The van der Waals surface area contributed by atoms with Crippen molar-refractivity contribution in [2.24, 2.45) is 5.92 Å². The largest absolute Gasteiger partial charge is 0.338 e. The minimum atomic E-state index is 0.380. The number of piperidine rings is 1. The zero-order valence-electron chi connectivity index (χ0n) is 9.24. The Kier molecular flexibility index (Phi) is 2.43. The summed E-state index contributed by atoms with van der Waals surface area (Å²) in [5, 5.41) is 3.55. The standard InChI is InChI=1S/C12H20N2O/c15-12(9-3-1-4-9)14-8-6-10-11(14)5-2-7-13-10/h9-11,13H,1-8H2. The number of nitrogens with zero attached hydrogens (tertiary/aromatic N) is 1. The third-order valence-corrected chi connectivity index (χ3v) is 4.37. The summed E-state index contributed by atoms with van der Waals surface area (Å²) in [4.78, 5) is 14.4. The Bertz CT molecular complexity index is 262. The Morgan fingerprint density at radius 1 is 1.13 bits per heavy atom. The Morgan fingerprint density at radius 3 is 2.73 bits per heavy atom. The first-order chi connectivity index (χ1) is 7.36. The number of fused-ring (bicyclic) bond motifs is 1. The molecule has 1 saturated carbocycles. The van der Waals surface area contributed by atoms with Crippen molar-refractivity contribution in [2.75, 3.05) is 13.1 Å². The van der Waals surface area contributed by atoms with Gasteiger partial charge in [0, 0.05) is 24.5 Å². The molecule has 0 aromatic rings. The van der Waals surface area contributed by atoms with E-state index in [0.717, 1.165) is 25.9 Å². The van der Waals surface area contributed by atoms with Crippen LogP contribution in [0.3, 0.4) is 0 Å². The van der Waals surface area contributed by atoms with Crippen LogP contribution in [0.25, 0.3) is 0 Å². The fourth-order valence-electron chi connectivity index (χ4n) is 3.21. The summed E-state index contributed by atoms with van der Waals surface area (Å²) in [7, 11) is 0. The van der Waals surface area contributed by atoms with Crippen molar-refractivity contribution in [3.63, 3.8) is 0 Å². The molecule has 1 N–H and O–H groups in total. The lowest BCUT2D eigenvalue weighted by molar-refractivity contribution is -0.139. The number of carbonyl (C=O) groups is 1.